The second-order valence-electron chi connectivity index (χ2n) is 4.00. The van der Waals surface area contributed by atoms with Crippen molar-refractivity contribution in [2.24, 2.45) is 0 Å². The normalized spacial score (nSPS) is 10.2. The van der Waals surface area contributed by atoms with E-state index in [4.69, 9.17) is 4.74 Å². The van der Waals surface area contributed by atoms with E-state index >= 15 is 0 Å². The van der Waals surface area contributed by atoms with E-state index in [1.165, 1.54) is 6.07 Å². The van der Waals surface area contributed by atoms with Crippen LogP contribution in [-0.4, -0.2) is 27.7 Å². The molecule has 0 amide bonds. The third-order valence-electron chi connectivity index (χ3n) is 2.60. The lowest BCUT2D eigenvalue weighted by Crippen LogP contribution is -2.11. The molecule has 0 aliphatic carbocycles. The van der Waals surface area contributed by atoms with E-state index in [0.29, 0.717) is 5.75 Å². The number of phenolic OH excluding ortho intramolecular Hbond substituents is 3. The summed E-state index contributed by atoms with van der Waals surface area (Å²) in [4.78, 5) is 11.9. The lowest BCUT2D eigenvalue weighted by atomic mass is 10.1. The van der Waals surface area contributed by atoms with Crippen LogP contribution in [-0.2, 0) is 0 Å². The lowest BCUT2D eigenvalue weighted by Gasteiger charge is -2.08. The number of hydrogen-bond acceptors (Lipinski definition) is 5. The van der Waals surface area contributed by atoms with Gasteiger partial charge < -0.3 is 20.1 Å². The van der Waals surface area contributed by atoms with E-state index in [1.54, 1.807) is 18.2 Å². The molecule has 0 aromatic heterocycles. The minimum atomic E-state index is -0.724. The molecule has 0 unspecified atom stereocenters. The van der Waals surface area contributed by atoms with Crippen molar-refractivity contribution in [1.82, 2.24) is 0 Å². The fraction of sp³-hybridized carbons (Fsp3) is 0.0714. The van der Waals surface area contributed by atoms with Gasteiger partial charge in [-0.3, -0.25) is 4.79 Å². The van der Waals surface area contributed by atoms with Crippen molar-refractivity contribution in [3.8, 4) is 23.0 Å². The maximum atomic E-state index is 11.9. The molecule has 0 aliphatic rings. The third kappa shape index (κ3) is 3.03. The zero-order valence-corrected chi connectivity index (χ0v) is 11.8. The molecule has 0 fully saturated rings. The van der Waals surface area contributed by atoms with Crippen LogP contribution in [0.5, 0.6) is 23.0 Å². The van der Waals surface area contributed by atoms with Crippen LogP contribution in [0.2, 0.25) is 0 Å². The fourth-order valence-electron chi connectivity index (χ4n) is 1.58. The van der Waals surface area contributed by atoms with Crippen molar-refractivity contribution in [1.29, 1.82) is 0 Å². The van der Waals surface area contributed by atoms with Crippen molar-refractivity contribution in [2.45, 2.75) is 0 Å². The number of carbonyl (C=O) groups is 1. The first-order valence-electron chi connectivity index (χ1n) is 5.64. The minimum absolute atomic E-state index is 0.115. The predicted molar refractivity (Wildman–Crippen MR) is 75.4 cm³/mol. The average Bonchev–Trinajstić information content (AvgIpc) is 2.42. The summed E-state index contributed by atoms with van der Waals surface area (Å²) in [6.45, 7) is -0.297. The molecule has 0 saturated heterocycles. The summed E-state index contributed by atoms with van der Waals surface area (Å²) in [7, 11) is 0. The Balaban J connectivity index is 2.11. The molecule has 104 valence electrons. The summed E-state index contributed by atoms with van der Waals surface area (Å²) in [6, 6.07) is 9.30. The Morgan fingerprint density at radius 3 is 2.55 bits per heavy atom. The van der Waals surface area contributed by atoms with Gasteiger partial charge in [0, 0.05) is 4.47 Å². The molecule has 0 bridgehead atoms. The number of ether oxygens (including phenoxy) is 1. The Kier molecular flexibility index (Phi) is 4.14. The molecule has 20 heavy (non-hydrogen) atoms. The number of hydrogen-bond donors (Lipinski definition) is 3. The summed E-state index contributed by atoms with van der Waals surface area (Å²) in [5, 5.41) is 28.1. The Labute approximate surface area is 123 Å². The van der Waals surface area contributed by atoms with Crippen LogP contribution in [0.1, 0.15) is 10.4 Å². The van der Waals surface area contributed by atoms with E-state index in [2.05, 4.69) is 15.9 Å². The van der Waals surface area contributed by atoms with Crippen LogP contribution >= 0.6 is 15.9 Å². The van der Waals surface area contributed by atoms with Gasteiger partial charge in [-0.1, -0.05) is 22.0 Å². The molecular weight excluding hydrogens is 328 g/mol. The number of rotatable bonds is 4. The van der Waals surface area contributed by atoms with Gasteiger partial charge in [0.05, 0.1) is 5.56 Å². The van der Waals surface area contributed by atoms with Gasteiger partial charge in [0.15, 0.2) is 18.1 Å². The summed E-state index contributed by atoms with van der Waals surface area (Å²) in [5.41, 5.74) is -0.115. The van der Waals surface area contributed by atoms with E-state index in [9.17, 15) is 20.1 Å². The first-order chi connectivity index (χ1) is 9.49. The Morgan fingerprint density at radius 1 is 1.10 bits per heavy atom. The molecular formula is C14H11BrO5. The highest BCUT2D eigenvalue weighted by atomic mass is 79.9. The Morgan fingerprint density at radius 2 is 1.85 bits per heavy atom. The fourth-order valence-corrected chi connectivity index (χ4v) is 1.96. The van der Waals surface area contributed by atoms with Crippen LogP contribution in [0.3, 0.4) is 0 Å². The second kappa shape index (κ2) is 5.83. The zero-order valence-electron chi connectivity index (χ0n) is 10.2. The Bertz CT molecular complexity index is 654. The van der Waals surface area contributed by atoms with Gasteiger partial charge in [0.25, 0.3) is 0 Å². The Hall–Kier alpha value is -2.21. The highest BCUT2D eigenvalue weighted by molar-refractivity contribution is 9.10. The highest BCUT2D eigenvalue weighted by Crippen LogP contribution is 2.37. The first-order valence-corrected chi connectivity index (χ1v) is 6.44. The van der Waals surface area contributed by atoms with Crippen LogP contribution in [0.15, 0.2) is 40.9 Å². The number of aromatic hydroxyl groups is 3. The summed E-state index contributed by atoms with van der Waals surface area (Å²) in [5.74, 6) is -1.90. The largest absolute Gasteiger partial charge is 0.504 e. The number of ketones is 1. The van der Waals surface area contributed by atoms with Crippen molar-refractivity contribution in [2.75, 3.05) is 6.61 Å². The topological polar surface area (TPSA) is 87.0 Å². The first kappa shape index (κ1) is 14.2. The van der Waals surface area contributed by atoms with Gasteiger partial charge in [0.2, 0.25) is 11.5 Å². The molecule has 0 heterocycles. The molecule has 0 atom stereocenters. The predicted octanol–water partition coefficient (Wildman–Crippen LogP) is 2.83. The SMILES string of the molecule is O=C(COc1cccc(Br)c1)c1ccc(O)c(O)c1O. The van der Waals surface area contributed by atoms with Crippen molar-refractivity contribution >= 4 is 21.7 Å². The summed E-state index contributed by atoms with van der Waals surface area (Å²) in [6.07, 6.45) is 0. The molecule has 0 spiro atoms. The van der Waals surface area contributed by atoms with Gasteiger partial charge in [-0.25, -0.2) is 0 Å². The van der Waals surface area contributed by atoms with E-state index in [1.807, 2.05) is 6.07 Å². The lowest BCUT2D eigenvalue weighted by molar-refractivity contribution is 0.0918. The number of Topliss-reactive ketones (excluding diaryl/α,β-unsaturated/α-hetero) is 1. The van der Waals surface area contributed by atoms with Gasteiger partial charge in [-0.05, 0) is 30.3 Å². The maximum absolute atomic E-state index is 11.9. The maximum Gasteiger partial charge on any atom is 0.204 e. The molecule has 2 aromatic carbocycles. The molecule has 0 radical (unpaired) electrons. The van der Waals surface area contributed by atoms with Crippen LogP contribution in [0.4, 0.5) is 0 Å². The number of benzene rings is 2. The van der Waals surface area contributed by atoms with E-state index < -0.39 is 23.0 Å². The molecule has 6 heteroatoms. The number of phenols is 3. The van der Waals surface area contributed by atoms with Gasteiger partial charge >= 0.3 is 0 Å². The van der Waals surface area contributed by atoms with Crippen LogP contribution in [0.25, 0.3) is 0 Å². The average molecular weight is 339 g/mol. The quantitative estimate of drug-likeness (QED) is 0.589. The van der Waals surface area contributed by atoms with E-state index in [0.717, 1.165) is 10.5 Å². The van der Waals surface area contributed by atoms with Crippen molar-refractivity contribution in [3.63, 3.8) is 0 Å². The van der Waals surface area contributed by atoms with Crippen molar-refractivity contribution < 1.29 is 24.9 Å². The van der Waals surface area contributed by atoms with Crippen LogP contribution < -0.4 is 4.74 Å². The monoisotopic (exact) mass is 338 g/mol. The number of halogens is 1. The third-order valence-corrected chi connectivity index (χ3v) is 3.09. The molecule has 5 nitrogen and oxygen atoms in total. The summed E-state index contributed by atoms with van der Waals surface area (Å²) >= 11 is 3.28. The van der Waals surface area contributed by atoms with Gasteiger partial charge in [-0.15, -0.1) is 0 Å². The molecule has 2 rings (SSSR count). The van der Waals surface area contributed by atoms with Crippen LogP contribution in [0, 0.1) is 0 Å². The summed E-state index contributed by atoms with van der Waals surface area (Å²) < 4.78 is 6.11. The smallest absolute Gasteiger partial charge is 0.204 e. The minimum Gasteiger partial charge on any atom is -0.504 e. The van der Waals surface area contributed by atoms with E-state index in [-0.39, 0.29) is 12.2 Å². The van der Waals surface area contributed by atoms with Crippen molar-refractivity contribution in [3.05, 3.63) is 46.4 Å². The molecule has 0 aliphatic heterocycles. The molecule has 2 aromatic rings. The second-order valence-corrected chi connectivity index (χ2v) is 4.91. The highest BCUT2D eigenvalue weighted by Gasteiger charge is 2.17. The molecule has 0 saturated carbocycles. The molecule has 3 N–H and O–H groups in total. The van der Waals surface area contributed by atoms with Gasteiger partial charge in [-0.2, -0.15) is 0 Å². The zero-order chi connectivity index (χ0) is 14.7. The number of carbonyl (C=O) groups excluding carboxylic acids is 1. The standard InChI is InChI=1S/C14H11BrO5/c15-8-2-1-3-9(6-8)20-7-12(17)10-4-5-11(16)14(19)13(10)18/h1-6,16,18-19H,7H2. The van der Waals surface area contributed by atoms with Gasteiger partial charge in [0.1, 0.15) is 5.75 Å².